The molecule has 0 saturated heterocycles. The number of benzene rings is 10. The number of hydrogen-bond donors (Lipinski definition) is 0. The first-order chi connectivity index (χ1) is 36.2. The highest BCUT2D eigenvalue weighted by Gasteiger charge is 2.28. The second kappa shape index (κ2) is 19.6. The zero-order valence-electron chi connectivity index (χ0n) is 40.7. The Balaban J connectivity index is 0.863. The number of para-hydroxylation sites is 2. The molecule has 0 N–H and O–H groups in total. The van der Waals surface area contributed by atoms with E-state index >= 15 is 0 Å². The van der Waals surface area contributed by atoms with Crippen LogP contribution in [0, 0.1) is 0 Å². The smallest absolute Gasteiger partial charge is 0.0541 e. The molecule has 1 aromatic heterocycles. The fraction of sp³-hybridized carbons (Fsp3) is 0.0704. The van der Waals surface area contributed by atoms with Crippen LogP contribution in [0.3, 0.4) is 0 Å². The second-order valence-electron chi connectivity index (χ2n) is 19.4. The first-order valence-corrected chi connectivity index (χ1v) is 26.6. The van der Waals surface area contributed by atoms with Gasteiger partial charge >= 0.3 is 0 Å². The van der Waals surface area contributed by atoms with E-state index in [2.05, 4.69) is 272 Å². The van der Waals surface area contributed by atoms with Crippen molar-refractivity contribution in [3.63, 3.8) is 0 Å². The molecule has 2 aliphatic rings. The molecule has 0 bridgehead atoms. The van der Waals surface area contributed by atoms with Gasteiger partial charge in [0.25, 0.3) is 0 Å². The molecule has 0 saturated carbocycles. The van der Waals surface area contributed by atoms with Crippen LogP contribution >= 0.6 is 11.8 Å². The molecular formula is C71H53NS. The maximum atomic E-state index is 2.50. The largest absolute Gasteiger partial charge is 0.309 e. The maximum Gasteiger partial charge on any atom is 0.0541 e. The van der Waals surface area contributed by atoms with Gasteiger partial charge in [-0.2, -0.15) is 0 Å². The predicted molar refractivity (Wildman–Crippen MR) is 311 cm³/mol. The van der Waals surface area contributed by atoms with Gasteiger partial charge in [0.05, 0.1) is 11.0 Å². The van der Waals surface area contributed by atoms with Crippen LogP contribution < -0.4 is 0 Å². The van der Waals surface area contributed by atoms with Crippen LogP contribution in [0.15, 0.2) is 272 Å². The van der Waals surface area contributed by atoms with Crippen LogP contribution in [0.1, 0.15) is 62.4 Å². The fourth-order valence-electron chi connectivity index (χ4n) is 11.5. The minimum atomic E-state index is 0.190. The van der Waals surface area contributed by atoms with Crippen LogP contribution in [0.25, 0.3) is 66.5 Å². The number of rotatable bonds is 10. The molecular weight excluding hydrogens is 899 g/mol. The van der Waals surface area contributed by atoms with Gasteiger partial charge in [-0.1, -0.05) is 231 Å². The van der Waals surface area contributed by atoms with Crippen LogP contribution in [0.5, 0.6) is 0 Å². The van der Waals surface area contributed by atoms with Crippen LogP contribution in [0.2, 0.25) is 0 Å². The molecule has 1 unspecified atom stereocenters. The Bertz CT molecular complexity index is 3850. The third-order valence-electron chi connectivity index (χ3n) is 15.1. The van der Waals surface area contributed by atoms with Gasteiger partial charge in [-0.25, -0.2) is 0 Å². The average molecular weight is 952 g/mol. The van der Waals surface area contributed by atoms with Crippen molar-refractivity contribution in [1.82, 2.24) is 4.57 Å². The monoisotopic (exact) mass is 951 g/mol. The first-order valence-electron chi connectivity index (χ1n) is 25.7. The van der Waals surface area contributed by atoms with Crippen molar-refractivity contribution in [3.8, 4) is 27.9 Å². The van der Waals surface area contributed by atoms with Crippen molar-refractivity contribution in [2.24, 2.45) is 0 Å². The Morgan fingerprint density at radius 3 is 1.82 bits per heavy atom. The number of fused-ring (bicyclic) bond motifs is 7. The van der Waals surface area contributed by atoms with Gasteiger partial charge in [0.15, 0.2) is 0 Å². The van der Waals surface area contributed by atoms with Gasteiger partial charge in [0.1, 0.15) is 0 Å². The van der Waals surface area contributed by atoms with Gasteiger partial charge in [0, 0.05) is 33.0 Å². The van der Waals surface area contributed by atoms with E-state index in [1.54, 1.807) is 0 Å². The molecule has 1 aliphatic heterocycles. The zero-order chi connectivity index (χ0) is 48.5. The van der Waals surface area contributed by atoms with Crippen LogP contribution in [0.4, 0.5) is 0 Å². The summed E-state index contributed by atoms with van der Waals surface area (Å²) in [6.07, 6.45) is 9.71. The predicted octanol–water partition coefficient (Wildman–Crippen LogP) is 18.5. The summed E-state index contributed by atoms with van der Waals surface area (Å²) >= 11 is 1.94. The Kier molecular flexibility index (Phi) is 12.0. The Morgan fingerprint density at radius 1 is 0.466 bits per heavy atom. The minimum absolute atomic E-state index is 0.190. The van der Waals surface area contributed by atoms with E-state index in [0.717, 1.165) is 25.0 Å². The number of nitrogens with zero attached hydrogens (tertiary/aromatic N) is 1. The summed E-state index contributed by atoms with van der Waals surface area (Å²) in [6.45, 7) is 0. The number of allylic oxidation sites excluding steroid dienone is 3. The van der Waals surface area contributed by atoms with E-state index in [0.29, 0.717) is 0 Å². The van der Waals surface area contributed by atoms with Crippen molar-refractivity contribution in [2.75, 3.05) is 5.75 Å². The number of aryl methyl sites for hydroxylation is 1. The van der Waals surface area contributed by atoms with E-state index in [-0.39, 0.29) is 5.92 Å². The van der Waals surface area contributed by atoms with Crippen LogP contribution in [-0.2, 0) is 12.8 Å². The third kappa shape index (κ3) is 8.58. The summed E-state index contributed by atoms with van der Waals surface area (Å²) in [5.74, 6) is 1.12. The molecule has 348 valence electrons. The highest BCUT2D eigenvalue weighted by Crippen LogP contribution is 2.49. The minimum Gasteiger partial charge on any atom is -0.309 e. The third-order valence-corrected chi connectivity index (χ3v) is 16.2. The van der Waals surface area contributed by atoms with Gasteiger partial charge in [-0.15, -0.1) is 11.8 Å². The molecule has 10 aromatic carbocycles. The normalized spacial score (nSPS) is 14.5. The molecule has 1 aliphatic carbocycles. The molecule has 2 heterocycles. The average Bonchev–Trinajstić information content (AvgIpc) is 3.99. The molecule has 1 atom stereocenters. The Morgan fingerprint density at radius 2 is 1.07 bits per heavy atom. The van der Waals surface area contributed by atoms with E-state index in [1.165, 1.54) is 121 Å². The van der Waals surface area contributed by atoms with Crippen molar-refractivity contribution in [3.05, 3.63) is 317 Å². The second-order valence-corrected chi connectivity index (χ2v) is 20.4. The van der Waals surface area contributed by atoms with Crippen molar-refractivity contribution < 1.29 is 0 Å². The molecule has 11 aromatic rings. The molecule has 13 rings (SSSR count). The fourth-order valence-corrected chi connectivity index (χ4v) is 12.5. The van der Waals surface area contributed by atoms with Gasteiger partial charge < -0.3 is 4.57 Å². The van der Waals surface area contributed by atoms with Crippen molar-refractivity contribution >= 4 is 50.3 Å². The Labute approximate surface area is 433 Å². The summed E-state index contributed by atoms with van der Waals surface area (Å²) in [5, 5.41) is 2.53. The quantitative estimate of drug-likeness (QED) is 0.132. The van der Waals surface area contributed by atoms with Crippen molar-refractivity contribution in [2.45, 2.75) is 30.1 Å². The lowest BCUT2D eigenvalue weighted by Gasteiger charge is -2.20. The number of aromatic nitrogens is 1. The molecule has 73 heavy (non-hydrogen) atoms. The number of hydrogen-bond acceptors (Lipinski definition) is 1. The van der Waals surface area contributed by atoms with E-state index in [4.69, 9.17) is 0 Å². The lowest BCUT2D eigenvalue weighted by atomic mass is 9.84. The van der Waals surface area contributed by atoms with Gasteiger partial charge in [-0.05, 0) is 145 Å². The first kappa shape index (κ1) is 44.5. The molecule has 1 nitrogen and oxygen atoms in total. The maximum absolute atomic E-state index is 2.50. The summed E-state index contributed by atoms with van der Waals surface area (Å²) < 4.78 is 2.39. The zero-order valence-corrected chi connectivity index (χ0v) is 41.5. The van der Waals surface area contributed by atoms with Gasteiger partial charge in [0.2, 0.25) is 0 Å². The molecule has 0 radical (unpaired) electrons. The topological polar surface area (TPSA) is 4.93 Å². The molecule has 0 amide bonds. The number of thioether (sulfide) groups is 1. The lowest BCUT2D eigenvalue weighted by molar-refractivity contribution is 0.715. The summed E-state index contributed by atoms with van der Waals surface area (Å²) in [6, 6.07) is 92.4. The molecule has 2 heteroatoms. The highest BCUT2D eigenvalue weighted by atomic mass is 32.2. The lowest BCUT2D eigenvalue weighted by Crippen LogP contribution is -2.04. The van der Waals surface area contributed by atoms with Crippen molar-refractivity contribution in [1.29, 1.82) is 0 Å². The molecule has 0 spiro atoms. The SMILES string of the molecule is C1=C\Cc2ccccc2SC\C(c2ccc(C(CCc3ccc4c(c3)C(=C(c3ccccc3)c3ccccc3)c3ccccc3-4)c3ccc(-c4ccc5c(c4)c4ccccc4n5-c4ccccc4)cc3)cc2)=C/1. The van der Waals surface area contributed by atoms with E-state index in [1.807, 2.05) is 11.8 Å². The van der Waals surface area contributed by atoms with E-state index < -0.39 is 0 Å². The van der Waals surface area contributed by atoms with Crippen LogP contribution in [-0.4, -0.2) is 10.3 Å². The summed E-state index contributed by atoms with van der Waals surface area (Å²) in [4.78, 5) is 1.37. The summed E-state index contributed by atoms with van der Waals surface area (Å²) in [5.41, 5.74) is 24.4. The standard InChI is InChI=1S/C71H53NS/c1-4-20-55(21-5-1)70(56-22-6-2-7-23-56)71-64-29-14-13-27-61(64)62-44-33-49(46-66(62)71)32-43-60(53-40-36-51(37-41-53)58-24-11-10-18-54-19-12-17-31-69(54)73-48-58)52-38-34-50(35-39-52)57-42-45-68-65(47-57)63-28-15-16-30-67(63)72(68)59-25-8-3-9-26-59/h1-17,19-31,33-42,44-47,60H,18,32,43,48H2/b11-10-,58-24+. The highest BCUT2D eigenvalue weighted by molar-refractivity contribution is 7.99. The van der Waals surface area contributed by atoms with Gasteiger partial charge in [-0.3, -0.25) is 0 Å². The Hall–Kier alpha value is -8.43. The van der Waals surface area contributed by atoms with E-state index in [9.17, 15) is 0 Å². The summed E-state index contributed by atoms with van der Waals surface area (Å²) in [7, 11) is 0. The molecule has 0 fully saturated rings.